The molecule has 1 aromatic rings. The first-order chi connectivity index (χ1) is 13.1. The summed E-state index contributed by atoms with van der Waals surface area (Å²) >= 11 is 0. The Morgan fingerprint density at radius 3 is 2.56 bits per heavy atom. The van der Waals surface area contributed by atoms with Crippen LogP contribution in [0.25, 0.3) is 0 Å². The molecule has 3 rings (SSSR count). The Morgan fingerprint density at radius 2 is 1.89 bits per heavy atom. The normalized spacial score (nSPS) is 23.6. The molecule has 1 aromatic carbocycles. The topological polar surface area (TPSA) is 52.7 Å². The smallest absolute Gasteiger partial charge is 0.225 e. The average molecular weight is 372 g/mol. The molecule has 2 atom stereocenters. The number of carbonyl (C=O) groups is 2. The summed E-state index contributed by atoms with van der Waals surface area (Å²) in [4.78, 5) is 29.7. The van der Waals surface area contributed by atoms with E-state index in [1.54, 1.807) is 0 Å². The lowest BCUT2D eigenvalue weighted by atomic mass is 9.83. The Kier molecular flexibility index (Phi) is 6.89. The van der Waals surface area contributed by atoms with Crippen molar-refractivity contribution in [2.45, 2.75) is 52.0 Å². The van der Waals surface area contributed by atoms with Gasteiger partial charge in [0.2, 0.25) is 11.8 Å². The summed E-state index contributed by atoms with van der Waals surface area (Å²) in [5.41, 5.74) is 2.25. The van der Waals surface area contributed by atoms with Gasteiger partial charge in [-0.05, 0) is 64.7 Å². The van der Waals surface area contributed by atoms with E-state index in [2.05, 4.69) is 41.4 Å². The van der Waals surface area contributed by atoms with E-state index in [-0.39, 0.29) is 23.8 Å². The molecule has 2 aliphatic heterocycles. The lowest BCUT2D eigenvalue weighted by molar-refractivity contribution is -0.143. The standard InChI is InChI=1S/C22H33N3O2/c1-3-25-20(26)12-11-19(21(25)18-9-7-17(2)8-10-18)22(27)23-13-6-16-24-14-4-5-15-24/h7-10,19,21H,3-6,11-16H2,1-2H3,(H,23,27)/t19-,21+/m1/s1. The number of carbonyl (C=O) groups excluding carboxylic acids is 2. The van der Waals surface area contributed by atoms with Gasteiger partial charge in [-0.2, -0.15) is 0 Å². The third-order valence-corrected chi connectivity index (χ3v) is 5.95. The van der Waals surface area contributed by atoms with E-state index in [0.717, 1.165) is 18.5 Å². The highest BCUT2D eigenvalue weighted by Crippen LogP contribution is 2.36. The van der Waals surface area contributed by atoms with Crippen molar-refractivity contribution < 1.29 is 9.59 Å². The zero-order valence-electron chi connectivity index (χ0n) is 16.7. The number of piperidine rings is 1. The van der Waals surface area contributed by atoms with Crippen LogP contribution in [0.3, 0.4) is 0 Å². The van der Waals surface area contributed by atoms with Gasteiger partial charge >= 0.3 is 0 Å². The van der Waals surface area contributed by atoms with Crippen molar-refractivity contribution in [1.82, 2.24) is 15.1 Å². The van der Waals surface area contributed by atoms with E-state index >= 15 is 0 Å². The zero-order chi connectivity index (χ0) is 19.2. The van der Waals surface area contributed by atoms with Crippen LogP contribution in [0.1, 0.15) is 56.2 Å². The van der Waals surface area contributed by atoms with Crippen molar-refractivity contribution >= 4 is 11.8 Å². The molecular weight excluding hydrogens is 338 g/mol. The highest BCUT2D eigenvalue weighted by Gasteiger charge is 2.39. The lowest BCUT2D eigenvalue weighted by Crippen LogP contribution is -2.48. The van der Waals surface area contributed by atoms with Gasteiger partial charge in [-0.15, -0.1) is 0 Å². The molecule has 0 aliphatic carbocycles. The maximum absolute atomic E-state index is 13.0. The zero-order valence-corrected chi connectivity index (χ0v) is 16.7. The number of hydrogen-bond donors (Lipinski definition) is 1. The first kappa shape index (κ1) is 19.9. The number of amides is 2. The molecule has 5 heteroatoms. The van der Waals surface area contributed by atoms with Crippen LogP contribution >= 0.6 is 0 Å². The van der Waals surface area contributed by atoms with Crippen molar-refractivity contribution in [2.75, 3.05) is 32.7 Å². The molecule has 148 valence electrons. The lowest BCUT2D eigenvalue weighted by Gasteiger charge is -2.40. The van der Waals surface area contributed by atoms with E-state index in [0.29, 0.717) is 25.9 Å². The maximum atomic E-state index is 13.0. The summed E-state index contributed by atoms with van der Waals surface area (Å²) in [6.07, 6.45) is 4.68. The van der Waals surface area contributed by atoms with Crippen molar-refractivity contribution in [3.8, 4) is 0 Å². The summed E-state index contributed by atoms with van der Waals surface area (Å²) in [5.74, 6) is 0.0752. The second-order valence-electron chi connectivity index (χ2n) is 7.87. The highest BCUT2D eigenvalue weighted by molar-refractivity contribution is 5.85. The number of hydrogen-bond acceptors (Lipinski definition) is 3. The minimum Gasteiger partial charge on any atom is -0.356 e. The van der Waals surface area contributed by atoms with E-state index in [9.17, 15) is 9.59 Å². The predicted molar refractivity (Wildman–Crippen MR) is 107 cm³/mol. The largest absolute Gasteiger partial charge is 0.356 e. The van der Waals surface area contributed by atoms with Gasteiger partial charge < -0.3 is 15.1 Å². The molecule has 2 saturated heterocycles. The molecule has 2 aliphatic rings. The Balaban J connectivity index is 1.63. The fraction of sp³-hybridized carbons (Fsp3) is 0.636. The molecular formula is C22H33N3O2. The molecule has 0 spiro atoms. The SMILES string of the molecule is CCN1C(=O)CC[C@@H](C(=O)NCCCN2CCCC2)[C@@H]1c1ccc(C)cc1. The van der Waals surface area contributed by atoms with Crippen LogP contribution in [0.2, 0.25) is 0 Å². The summed E-state index contributed by atoms with van der Waals surface area (Å²) in [6, 6.07) is 8.10. The maximum Gasteiger partial charge on any atom is 0.225 e. The van der Waals surface area contributed by atoms with Gasteiger partial charge in [-0.25, -0.2) is 0 Å². The number of aryl methyl sites for hydroxylation is 1. The molecule has 0 saturated carbocycles. The number of likely N-dealkylation sites (tertiary alicyclic amines) is 2. The first-order valence-electron chi connectivity index (χ1n) is 10.5. The summed E-state index contributed by atoms with van der Waals surface area (Å²) in [6.45, 7) is 8.85. The van der Waals surface area contributed by atoms with Crippen molar-refractivity contribution in [3.63, 3.8) is 0 Å². The van der Waals surface area contributed by atoms with Gasteiger partial charge in [0.15, 0.2) is 0 Å². The van der Waals surface area contributed by atoms with E-state index in [4.69, 9.17) is 0 Å². The van der Waals surface area contributed by atoms with Crippen molar-refractivity contribution in [1.29, 1.82) is 0 Å². The minimum absolute atomic E-state index is 0.0907. The van der Waals surface area contributed by atoms with Gasteiger partial charge in [-0.3, -0.25) is 9.59 Å². The number of nitrogens with zero attached hydrogens (tertiary/aromatic N) is 2. The molecule has 1 N–H and O–H groups in total. The second-order valence-corrected chi connectivity index (χ2v) is 7.87. The Hall–Kier alpha value is -1.88. The van der Waals surface area contributed by atoms with E-state index in [1.807, 2.05) is 11.8 Å². The Labute approximate surface area is 163 Å². The van der Waals surface area contributed by atoms with Gasteiger partial charge in [0, 0.05) is 19.5 Å². The van der Waals surface area contributed by atoms with Crippen LogP contribution in [-0.2, 0) is 9.59 Å². The second kappa shape index (κ2) is 9.36. The Bertz CT molecular complexity index is 637. The minimum atomic E-state index is -0.169. The van der Waals surface area contributed by atoms with E-state index in [1.165, 1.54) is 31.5 Å². The van der Waals surface area contributed by atoms with Crippen LogP contribution in [0, 0.1) is 12.8 Å². The first-order valence-corrected chi connectivity index (χ1v) is 10.5. The molecule has 0 bridgehead atoms. The van der Waals surface area contributed by atoms with Crippen molar-refractivity contribution in [3.05, 3.63) is 35.4 Å². The molecule has 27 heavy (non-hydrogen) atoms. The molecule has 2 fully saturated rings. The fourth-order valence-electron chi connectivity index (χ4n) is 4.43. The van der Waals surface area contributed by atoms with Gasteiger partial charge in [-0.1, -0.05) is 29.8 Å². The van der Waals surface area contributed by atoms with Crippen LogP contribution in [0.15, 0.2) is 24.3 Å². The monoisotopic (exact) mass is 371 g/mol. The van der Waals surface area contributed by atoms with Gasteiger partial charge in [0.1, 0.15) is 0 Å². The number of nitrogens with one attached hydrogen (secondary N) is 1. The number of benzene rings is 1. The molecule has 0 radical (unpaired) electrons. The third kappa shape index (κ3) is 4.89. The third-order valence-electron chi connectivity index (χ3n) is 5.95. The molecule has 2 heterocycles. The highest BCUT2D eigenvalue weighted by atomic mass is 16.2. The quantitative estimate of drug-likeness (QED) is 0.750. The summed E-state index contributed by atoms with van der Waals surface area (Å²) in [5, 5.41) is 3.14. The number of rotatable bonds is 7. The molecule has 0 unspecified atom stereocenters. The van der Waals surface area contributed by atoms with Gasteiger partial charge in [0.05, 0.1) is 12.0 Å². The summed E-state index contributed by atoms with van der Waals surface area (Å²) < 4.78 is 0. The fourth-order valence-corrected chi connectivity index (χ4v) is 4.43. The molecule has 5 nitrogen and oxygen atoms in total. The Morgan fingerprint density at radius 1 is 1.19 bits per heavy atom. The van der Waals surface area contributed by atoms with Crippen LogP contribution in [0.4, 0.5) is 0 Å². The van der Waals surface area contributed by atoms with Crippen LogP contribution in [-0.4, -0.2) is 54.3 Å². The predicted octanol–water partition coefficient (Wildman–Crippen LogP) is 2.90. The average Bonchev–Trinajstić information content (AvgIpc) is 3.19. The summed E-state index contributed by atoms with van der Waals surface area (Å²) in [7, 11) is 0. The van der Waals surface area contributed by atoms with E-state index < -0.39 is 0 Å². The van der Waals surface area contributed by atoms with Crippen molar-refractivity contribution in [2.24, 2.45) is 5.92 Å². The van der Waals surface area contributed by atoms with Crippen LogP contribution in [0.5, 0.6) is 0 Å². The molecule has 2 amide bonds. The van der Waals surface area contributed by atoms with Gasteiger partial charge in [0.25, 0.3) is 0 Å². The van der Waals surface area contributed by atoms with Crippen LogP contribution < -0.4 is 5.32 Å². The molecule has 0 aromatic heterocycles.